The average Bonchev–Trinajstić information content (AvgIpc) is 2.16. The zero-order chi connectivity index (χ0) is 9.26. The Hall–Kier alpha value is -1.15. The second kappa shape index (κ2) is 3.30. The maximum atomic E-state index is 12.5. The van der Waals surface area contributed by atoms with Crippen LogP contribution in [0.2, 0.25) is 5.15 Å². The fraction of sp³-hybridized carbons (Fsp3) is 0.100. The summed E-state index contributed by atoms with van der Waals surface area (Å²) in [6, 6.07) is 8.93. The Kier molecular flexibility index (Phi) is 2.15. The Morgan fingerprint density at radius 1 is 1.31 bits per heavy atom. The van der Waals surface area contributed by atoms with Crippen LogP contribution in [0.15, 0.2) is 30.3 Å². The highest BCUT2D eigenvalue weighted by molar-refractivity contribution is 6.29. The highest BCUT2D eigenvalue weighted by Crippen LogP contribution is 2.21. The van der Waals surface area contributed by atoms with E-state index in [0.717, 1.165) is 10.9 Å². The van der Waals surface area contributed by atoms with E-state index >= 15 is 0 Å². The largest absolute Gasteiger partial charge is 0.246 e. The minimum absolute atomic E-state index is 0.339. The number of aromatic nitrogens is 1. The molecule has 0 saturated carbocycles. The molecule has 0 aliphatic heterocycles. The molecule has 0 N–H and O–H groups in total. The molecule has 0 aliphatic rings. The van der Waals surface area contributed by atoms with Crippen molar-refractivity contribution in [2.24, 2.45) is 0 Å². The lowest BCUT2D eigenvalue weighted by Crippen LogP contribution is -1.86. The van der Waals surface area contributed by atoms with Gasteiger partial charge in [0.05, 0.1) is 5.52 Å². The SMILES string of the molecule is FCc1cc(Cl)nc2ccccc12. The van der Waals surface area contributed by atoms with Crippen LogP contribution < -0.4 is 0 Å². The molecule has 13 heavy (non-hydrogen) atoms. The summed E-state index contributed by atoms with van der Waals surface area (Å²) in [5.74, 6) is 0. The predicted molar refractivity (Wildman–Crippen MR) is 51.6 cm³/mol. The summed E-state index contributed by atoms with van der Waals surface area (Å²) in [5.41, 5.74) is 1.33. The Bertz CT molecular complexity index is 442. The van der Waals surface area contributed by atoms with Gasteiger partial charge in [0.2, 0.25) is 0 Å². The molecule has 0 amide bonds. The van der Waals surface area contributed by atoms with E-state index in [0.29, 0.717) is 10.7 Å². The van der Waals surface area contributed by atoms with Crippen molar-refractivity contribution in [1.82, 2.24) is 4.98 Å². The van der Waals surface area contributed by atoms with Gasteiger partial charge in [-0.25, -0.2) is 9.37 Å². The van der Waals surface area contributed by atoms with Crippen LogP contribution in [0.4, 0.5) is 4.39 Å². The number of pyridine rings is 1. The number of nitrogens with zero attached hydrogens (tertiary/aromatic N) is 1. The lowest BCUT2D eigenvalue weighted by Gasteiger charge is -2.02. The molecule has 2 aromatic rings. The van der Waals surface area contributed by atoms with E-state index in [9.17, 15) is 4.39 Å². The number of rotatable bonds is 1. The molecule has 0 saturated heterocycles. The van der Waals surface area contributed by atoms with Crippen LogP contribution in [-0.2, 0) is 6.67 Å². The number of alkyl halides is 1. The van der Waals surface area contributed by atoms with E-state index in [2.05, 4.69) is 4.98 Å². The highest BCUT2D eigenvalue weighted by atomic mass is 35.5. The number of para-hydroxylation sites is 1. The summed E-state index contributed by atoms with van der Waals surface area (Å²) in [6.07, 6.45) is 0. The first-order valence-electron chi connectivity index (χ1n) is 3.91. The molecule has 0 bridgehead atoms. The molecule has 0 aliphatic carbocycles. The third-order valence-corrected chi connectivity index (χ3v) is 2.11. The van der Waals surface area contributed by atoms with E-state index in [1.807, 2.05) is 24.3 Å². The van der Waals surface area contributed by atoms with E-state index in [4.69, 9.17) is 11.6 Å². The van der Waals surface area contributed by atoms with Gasteiger partial charge in [-0.2, -0.15) is 0 Å². The molecule has 0 fully saturated rings. The van der Waals surface area contributed by atoms with Crippen LogP contribution in [0.1, 0.15) is 5.56 Å². The summed E-state index contributed by atoms with van der Waals surface area (Å²) in [4.78, 5) is 4.08. The number of fused-ring (bicyclic) bond motifs is 1. The molecule has 3 heteroatoms. The molecular weight excluding hydrogens is 189 g/mol. The van der Waals surface area contributed by atoms with Crippen molar-refractivity contribution in [3.63, 3.8) is 0 Å². The maximum absolute atomic E-state index is 12.5. The average molecular weight is 196 g/mol. The van der Waals surface area contributed by atoms with Crippen molar-refractivity contribution in [1.29, 1.82) is 0 Å². The molecule has 66 valence electrons. The van der Waals surface area contributed by atoms with Gasteiger partial charge < -0.3 is 0 Å². The molecule has 0 radical (unpaired) electrons. The van der Waals surface area contributed by atoms with Crippen molar-refractivity contribution >= 4 is 22.5 Å². The maximum Gasteiger partial charge on any atom is 0.130 e. The first kappa shape index (κ1) is 8.45. The van der Waals surface area contributed by atoms with Crippen molar-refractivity contribution in [3.8, 4) is 0 Å². The Labute approximate surface area is 80.2 Å². The van der Waals surface area contributed by atoms with Crippen molar-refractivity contribution in [2.45, 2.75) is 6.67 Å². The second-order valence-electron chi connectivity index (χ2n) is 2.75. The van der Waals surface area contributed by atoms with E-state index in [1.165, 1.54) is 0 Å². The van der Waals surface area contributed by atoms with Crippen LogP contribution in [-0.4, -0.2) is 4.98 Å². The van der Waals surface area contributed by atoms with Gasteiger partial charge in [-0.05, 0) is 17.7 Å². The van der Waals surface area contributed by atoms with Gasteiger partial charge >= 0.3 is 0 Å². The number of benzene rings is 1. The Balaban J connectivity index is 2.81. The van der Waals surface area contributed by atoms with Gasteiger partial charge in [0.25, 0.3) is 0 Å². The number of hydrogen-bond donors (Lipinski definition) is 0. The van der Waals surface area contributed by atoms with E-state index in [1.54, 1.807) is 6.07 Å². The molecule has 0 unspecified atom stereocenters. The van der Waals surface area contributed by atoms with Crippen molar-refractivity contribution < 1.29 is 4.39 Å². The summed E-state index contributed by atoms with van der Waals surface area (Å²) in [6.45, 7) is -0.511. The third-order valence-electron chi connectivity index (χ3n) is 1.91. The highest BCUT2D eigenvalue weighted by Gasteiger charge is 2.02. The van der Waals surface area contributed by atoms with Crippen LogP contribution >= 0.6 is 11.6 Å². The van der Waals surface area contributed by atoms with Gasteiger partial charge in [0.15, 0.2) is 0 Å². The van der Waals surface area contributed by atoms with E-state index in [-0.39, 0.29) is 0 Å². The predicted octanol–water partition coefficient (Wildman–Crippen LogP) is 3.36. The molecule has 1 aromatic carbocycles. The summed E-state index contributed by atoms with van der Waals surface area (Å²) >= 11 is 5.72. The zero-order valence-corrected chi connectivity index (χ0v) is 7.55. The quantitative estimate of drug-likeness (QED) is 0.636. The van der Waals surface area contributed by atoms with Crippen LogP contribution in [0, 0.1) is 0 Å². The van der Waals surface area contributed by atoms with Gasteiger partial charge in [-0.3, -0.25) is 0 Å². The molecule has 0 atom stereocenters. The number of halogens is 2. The first-order chi connectivity index (χ1) is 6.31. The van der Waals surface area contributed by atoms with Crippen LogP contribution in [0.25, 0.3) is 10.9 Å². The van der Waals surface area contributed by atoms with Crippen molar-refractivity contribution in [2.75, 3.05) is 0 Å². The minimum atomic E-state index is -0.511. The van der Waals surface area contributed by atoms with Crippen LogP contribution in [0.3, 0.4) is 0 Å². The molecule has 0 spiro atoms. The van der Waals surface area contributed by atoms with Gasteiger partial charge in [-0.15, -0.1) is 0 Å². The third kappa shape index (κ3) is 1.49. The lowest BCUT2D eigenvalue weighted by atomic mass is 10.1. The topological polar surface area (TPSA) is 12.9 Å². The summed E-state index contributed by atoms with van der Waals surface area (Å²) < 4.78 is 12.5. The molecule has 1 aromatic heterocycles. The second-order valence-corrected chi connectivity index (χ2v) is 3.14. The monoisotopic (exact) mass is 195 g/mol. The van der Waals surface area contributed by atoms with Crippen molar-refractivity contribution in [3.05, 3.63) is 41.0 Å². The van der Waals surface area contributed by atoms with Gasteiger partial charge in [0.1, 0.15) is 11.8 Å². The normalized spacial score (nSPS) is 10.6. The summed E-state index contributed by atoms with van der Waals surface area (Å²) in [7, 11) is 0. The number of hydrogen-bond acceptors (Lipinski definition) is 1. The van der Waals surface area contributed by atoms with Gasteiger partial charge in [-0.1, -0.05) is 29.8 Å². The molecular formula is C10H7ClFN. The minimum Gasteiger partial charge on any atom is -0.246 e. The standard InChI is InChI=1S/C10H7ClFN/c11-10-5-7(6-12)8-3-1-2-4-9(8)13-10/h1-5H,6H2. The fourth-order valence-electron chi connectivity index (χ4n) is 1.32. The molecule has 2 rings (SSSR count). The smallest absolute Gasteiger partial charge is 0.130 e. The van der Waals surface area contributed by atoms with Crippen LogP contribution in [0.5, 0.6) is 0 Å². The summed E-state index contributed by atoms with van der Waals surface area (Å²) in [5, 5.41) is 1.17. The van der Waals surface area contributed by atoms with E-state index < -0.39 is 6.67 Å². The zero-order valence-electron chi connectivity index (χ0n) is 6.80. The lowest BCUT2D eigenvalue weighted by molar-refractivity contribution is 0.487. The first-order valence-corrected chi connectivity index (χ1v) is 4.29. The Morgan fingerprint density at radius 3 is 2.85 bits per heavy atom. The molecule has 1 nitrogen and oxygen atoms in total. The van der Waals surface area contributed by atoms with Gasteiger partial charge in [0, 0.05) is 5.39 Å². The Morgan fingerprint density at radius 2 is 2.08 bits per heavy atom. The fourth-order valence-corrected chi connectivity index (χ4v) is 1.54. The molecule has 1 heterocycles.